The van der Waals surface area contributed by atoms with Gasteiger partial charge in [0.15, 0.2) is 0 Å². The molecule has 1 aromatic rings. The van der Waals surface area contributed by atoms with Crippen LogP contribution in [0.4, 0.5) is 5.69 Å². The Bertz CT molecular complexity index is 576. The number of hydrogen-bond donors (Lipinski definition) is 1. The van der Waals surface area contributed by atoms with E-state index < -0.39 is 0 Å². The van der Waals surface area contributed by atoms with E-state index in [1.54, 1.807) is 12.1 Å². The normalized spacial score (nSPS) is 27.8. The van der Waals surface area contributed by atoms with Gasteiger partial charge in [-0.05, 0) is 43.9 Å². The van der Waals surface area contributed by atoms with Gasteiger partial charge in [-0.2, -0.15) is 0 Å². The van der Waals surface area contributed by atoms with Crippen LogP contribution in [-0.4, -0.2) is 35.0 Å². The zero-order chi connectivity index (χ0) is 15.2. The molecule has 5 nitrogen and oxygen atoms in total. The topological polar surface area (TPSA) is 58.4 Å². The number of halogens is 1. The molecule has 2 aliphatic heterocycles. The summed E-state index contributed by atoms with van der Waals surface area (Å²) in [4.78, 5) is 13.0. The van der Waals surface area contributed by atoms with E-state index in [2.05, 4.69) is 40.0 Å². The third kappa shape index (κ3) is 2.60. The van der Waals surface area contributed by atoms with Crippen molar-refractivity contribution in [3.63, 3.8) is 0 Å². The molecule has 0 aliphatic carbocycles. The van der Waals surface area contributed by atoms with Crippen molar-refractivity contribution in [1.82, 2.24) is 10.2 Å². The lowest BCUT2D eigenvalue weighted by Crippen LogP contribution is -2.43. The second-order valence-corrected chi connectivity index (χ2v) is 7.45. The number of nitrogens with zero attached hydrogens (tertiary/aromatic N) is 2. The lowest BCUT2D eigenvalue weighted by Gasteiger charge is -2.35. The van der Waals surface area contributed by atoms with Crippen LogP contribution in [0.5, 0.6) is 0 Å². The first-order chi connectivity index (χ1) is 9.89. The molecule has 3 rings (SSSR count). The largest absolute Gasteiger partial charge is 0.316 e. The van der Waals surface area contributed by atoms with Gasteiger partial charge in [0.25, 0.3) is 5.69 Å². The van der Waals surface area contributed by atoms with Gasteiger partial charge in [0.05, 0.1) is 4.92 Å². The maximum atomic E-state index is 10.8. The number of rotatable bonds is 3. The Kier molecular flexibility index (Phi) is 3.80. The number of nitrogens with one attached hydrogen (secondary N) is 1. The van der Waals surface area contributed by atoms with Crippen LogP contribution >= 0.6 is 15.9 Å². The maximum absolute atomic E-state index is 10.8. The third-order valence-corrected chi connectivity index (χ3v) is 5.86. The van der Waals surface area contributed by atoms with Crippen molar-refractivity contribution in [1.29, 1.82) is 0 Å². The first-order valence-corrected chi connectivity index (χ1v) is 8.07. The van der Waals surface area contributed by atoms with Gasteiger partial charge in [-0.15, -0.1) is 0 Å². The van der Waals surface area contributed by atoms with E-state index in [9.17, 15) is 10.1 Å². The lowest BCUT2D eigenvalue weighted by molar-refractivity contribution is -0.384. The molecule has 2 aliphatic rings. The van der Waals surface area contributed by atoms with Crippen LogP contribution in [0.2, 0.25) is 0 Å². The minimum Gasteiger partial charge on any atom is -0.316 e. The second-order valence-electron chi connectivity index (χ2n) is 6.59. The van der Waals surface area contributed by atoms with E-state index >= 15 is 0 Å². The zero-order valence-corrected chi connectivity index (χ0v) is 13.9. The molecular weight excluding hydrogens is 334 g/mol. The number of likely N-dealkylation sites (tertiary alicyclic amines) is 1. The van der Waals surface area contributed by atoms with E-state index in [0.717, 1.165) is 42.1 Å². The third-order valence-electron chi connectivity index (χ3n) is 5.13. The number of fused-ring (bicyclic) bond motifs is 1. The molecule has 1 N–H and O–H groups in total. The SMILES string of the molecule is CC1(C)C2CNCC2CN1Cc1ccc([N+](=O)[O-])cc1Br. The van der Waals surface area contributed by atoms with Gasteiger partial charge in [0, 0.05) is 41.8 Å². The Morgan fingerprint density at radius 3 is 2.86 bits per heavy atom. The van der Waals surface area contributed by atoms with Crippen molar-refractivity contribution in [2.24, 2.45) is 11.8 Å². The summed E-state index contributed by atoms with van der Waals surface area (Å²) >= 11 is 3.48. The summed E-state index contributed by atoms with van der Waals surface area (Å²) in [6, 6.07) is 5.05. The lowest BCUT2D eigenvalue weighted by atomic mass is 9.85. The smallest absolute Gasteiger partial charge is 0.270 e. The van der Waals surface area contributed by atoms with Gasteiger partial charge < -0.3 is 5.32 Å². The molecule has 0 spiro atoms. The van der Waals surface area contributed by atoms with Crippen LogP contribution < -0.4 is 5.32 Å². The first kappa shape index (κ1) is 14.9. The van der Waals surface area contributed by atoms with Gasteiger partial charge in [0.1, 0.15) is 0 Å². The Balaban J connectivity index is 1.79. The number of nitro groups is 1. The Labute approximate surface area is 133 Å². The monoisotopic (exact) mass is 353 g/mol. The molecule has 2 saturated heterocycles. The van der Waals surface area contributed by atoms with E-state index in [4.69, 9.17) is 0 Å². The van der Waals surface area contributed by atoms with E-state index in [1.165, 1.54) is 0 Å². The number of hydrogen-bond acceptors (Lipinski definition) is 4. The minimum atomic E-state index is -0.357. The molecule has 2 heterocycles. The Morgan fingerprint density at radius 2 is 2.24 bits per heavy atom. The molecule has 6 heteroatoms. The van der Waals surface area contributed by atoms with Gasteiger partial charge in [-0.3, -0.25) is 15.0 Å². The van der Waals surface area contributed by atoms with Crippen LogP contribution in [0.1, 0.15) is 19.4 Å². The fourth-order valence-electron chi connectivity index (χ4n) is 3.76. The average Bonchev–Trinajstić information content (AvgIpc) is 2.96. The maximum Gasteiger partial charge on any atom is 0.270 e. The highest BCUT2D eigenvalue weighted by molar-refractivity contribution is 9.10. The summed E-state index contributed by atoms with van der Waals surface area (Å²) < 4.78 is 0.822. The van der Waals surface area contributed by atoms with Crippen LogP contribution in [-0.2, 0) is 6.54 Å². The van der Waals surface area contributed by atoms with Crippen LogP contribution in [0.15, 0.2) is 22.7 Å². The molecular formula is C15H20BrN3O2. The standard InChI is InChI=1S/C15H20BrN3O2/c1-15(2)13-7-17-6-11(13)9-18(15)8-10-3-4-12(19(20)21)5-14(10)16/h3-5,11,13,17H,6-9H2,1-2H3. The molecule has 114 valence electrons. The molecule has 2 unspecified atom stereocenters. The van der Waals surface area contributed by atoms with Crippen LogP contribution in [0.3, 0.4) is 0 Å². The second kappa shape index (κ2) is 5.34. The van der Waals surface area contributed by atoms with Crippen molar-refractivity contribution in [3.8, 4) is 0 Å². The summed E-state index contributed by atoms with van der Waals surface area (Å²) in [6.45, 7) is 8.74. The van der Waals surface area contributed by atoms with Gasteiger partial charge in [-0.25, -0.2) is 0 Å². The van der Waals surface area contributed by atoms with Crippen molar-refractivity contribution < 1.29 is 4.92 Å². The van der Waals surface area contributed by atoms with Crippen LogP contribution in [0.25, 0.3) is 0 Å². The zero-order valence-electron chi connectivity index (χ0n) is 12.3. The number of benzene rings is 1. The minimum absolute atomic E-state index is 0.132. The van der Waals surface area contributed by atoms with Gasteiger partial charge in [-0.1, -0.05) is 15.9 Å². The summed E-state index contributed by atoms with van der Waals surface area (Å²) in [5, 5.41) is 14.3. The number of non-ortho nitro benzene ring substituents is 1. The highest BCUT2D eigenvalue weighted by Gasteiger charge is 2.49. The van der Waals surface area contributed by atoms with Gasteiger partial charge in [0.2, 0.25) is 0 Å². The molecule has 2 atom stereocenters. The highest BCUT2D eigenvalue weighted by Crippen LogP contribution is 2.41. The molecule has 0 amide bonds. The number of nitro benzene ring substituents is 1. The summed E-state index contributed by atoms with van der Waals surface area (Å²) in [5.41, 5.74) is 1.41. The Morgan fingerprint density at radius 1 is 1.48 bits per heavy atom. The van der Waals surface area contributed by atoms with Gasteiger partial charge >= 0.3 is 0 Å². The van der Waals surface area contributed by atoms with Crippen molar-refractivity contribution in [2.75, 3.05) is 19.6 Å². The fraction of sp³-hybridized carbons (Fsp3) is 0.600. The molecule has 0 saturated carbocycles. The summed E-state index contributed by atoms with van der Waals surface area (Å²) in [7, 11) is 0. The predicted molar refractivity (Wildman–Crippen MR) is 85.1 cm³/mol. The summed E-state index contributed by atoms with van der Waals surface area (Å²) in [6.07, 6.45) is 0. The van der Waals surface area contributed by atoms with Crippen LogP contribution in [0, 0.1) is 22.0 Å². The summed E-state index contributed by atoms with van der Waals surface area (Å²) in [5.74, 6) is 1.41. The van der Waals surface area contributed by atoms with Crippen molar-refractivity contribution in [2.45, 2.75) is 25.9 Å². The fourth-order valence-corrected chi connectivity index (χ4v) is 4.25. The van der Waals surface area contributed by atoms with E-state index in [-0.39, 0.29) is 16.1 Å². The van der Waals surface area contributed by atoms with Crippen molar-refractivity contribution >= 4 is 21.6 Å². The first-order valence-electron chi connectivity index (χ1n) is 7.28. The average molecular weight is 354 g/mol. The molecule has 2 fully saturated rings. The molecule has 0 aromatic heterocycles. The molecule has 0 bridgehead atoms. The Hall–Kier alpha value is -0.980. The van der Waals surface area contributed by atoms with Crippen molar-refractivity contribution in [3.05, 3.63) is 38.3 Å². The quantitative estimate of drug-likeness (QED) is 0.670. The van der Waals surface area contributed by atoms with E-state index in [0.29, 0.717) is 5.92 Å². The molecule has 0 radical (unpaired) electrons. The molecule has 21 heavy (non-hydrogen) atoms. The molecule has 1 aromatic carbocycles. The van der Waals surface area contributed by atoms with E-state index in [1.807, 2.05) is 6.07 Å². The highest BCUT2D eigenvalue weighted by atomic mass is 79.9. The predicted octanol–water partition coefficient (Wildman–Crippen LogP) is 2.79.